The van der Waals surface area contributed by atoms with E-state index in [2.05, 4.69) is 54.4 Å². The summed E-state index contributed by atoms with van der Waals surface area (Å²) in [5.74, 6) is 0.0200. The minimum absolute atomic E-state index is 0.0200. The molecule has 0 atom stereocenters. The molecule has 0 unspecified atom stereocenters. The minimum atomic E-state index is 0.0200. The zero-order valence-electron chi connectivity index (χ0n) is 14.3. The molecule has 126 valence electrons. The van der Waals surface area contributed by atoms with Gasteiger partial charge in [-0.05, 0) is 43.2 Å². The second-order valence-electron chi connectivity index (χ2n) is 6.01. The van der Waals surface area contributed by atoms with Gasteiger partial charge in [-0.3, -0.25) is 4.79 Å². The Morgan fingerprint density at radius 1 is 1.04 bits per heavy atom. The van der Waals surface area contributed by atoms with Crippen LogP contribution in [-0.2, 0) is 0 Å². The van der Waals surface area contributed by atoms with Crippen LogP contribution in [0.2, 0.25) is 0 Å². The van der Waals surface area contributed by atoms with Crippen molar-refractivity contribution in [2.24, 2.45) is 0 Å². The summed E-state index contributed by atoms with van der Waals surface area (Å²) in [4.78, 5) is 17.2. The molecule has 1 aliphatic rings. The van der Waals surface area contributed by atoms with Gasteiger partial charge >= 0.3 is 0 Å². The van der Waals surface area contributed by atoms with Crippen LogP contribution >= 0.6 is 11.8 Å². The molecule has 1 amide bonds. The predicted octanol–water partition coefficient (Wildman–Crippen LogP) is 5.23. The Balaban J connectivity index is 1.91. The van der Waals surface area contributed by atoms with Gasteiger partial charge in [-0.2, -0.15) is 0 Å². The molecular weight excluding hydrogens is 316 g/mol. The van der Waals surface area contributed by atoms with E-state index in [-0.39, 0.29) is 5.91 Å². The van der Waals surface area contributed by atoms with Gasteiger partial charge in [-0.1, -0.05) is 44.2 Å². The smallest absolute Gasteiger partial charge is 0.251 e. The lowest BCUT2D eigenvalue weighted by Crippen LogP contribution is -2.26. The summed E-state index contributed by atoms with van der Waals surface area (Å²) in [6.45, 7) is 6.00. The van der Waals surface area contributed by atoms with Crippen molar-refractivity contribution in [2.45, 2.75) is 42.9 Å². The first-order valence-electron chi connectivity index (χ1n) is 8.71. The Morgan fingerprint density at radius 2 is 1.83 bits per heavy atom. The Hall–Kier alpha value is -1.94. The normalized spacial score (nSPS) is 12.5. The van der Waals surface area contributed by atoms with Crippen molar-refractivity contribution in [1.29, 1.82) is 0 Å². The molecule has 0 spiro atoms. The predicted molar refractivity (Wildman–Crippen MR) is 102 cm³/mol. The molecular formula is C20H24N2OS. The van der Waals surface area contributed by atoms with Crippen LogP contribution in [0.3, 0.4) is 0 Å². The number of fused-ring (bicyclic) bond motifs is 2. The molecule has 0 aliphatic carbocycles. The summed E-state index contributed by atoms with van der Waals surface area (Å²) in [6, 6.07) is 14.5. The topological polar surface area (TPSA) is 32.3 Å². The first-order chi connectivity index (χ1) is 11.7. The van der Waals surface area contributed by atoms with Crippen molar-refractivity contribution in [2.75, 3.05) is 18.0 Å². The van der Waals surface area contributed by atoms with Gasteiger partial charge < -0.3 is 10.2 Å². The Bertz CT molecular complexity index is 729. The quantitative estimate of drug-likeness (QED) is 0.731. The van der Waals surface area contributed by atoms with E-state index in [0.29, 0.717) is 0 Å². The van der Waals surface area contributed by atoms with E-state index in [0.717, 1.165) is 43.6 Å². The Morgan fingerprint density at radius 3 is 2.62 bits per heavy atom. The van der Waals surface area contributed by atoms with Crippen molar-refractivity contribution >= 4 is 29.0 Å². The number of anilines is 2. The number of carbonyl (C=O) groups excluding carboxylic acids is 1. The van der Waals surface area contributed by atoms with Crippen LogP contribution < -0.4 is 10.2 Å². The molecule has 3 nitrogen and oxygen atoms in total. The summed E-state index contributed by atoms with van der Waals surface area (Å²) >= 11 is 1.78. The van der Waals surface area contributed by atoms with E-state index < -0.39 is 0 Å². The number of hydrogen-bond donors (Lipinski definition) is 1. The summed E-state index contributed by atoms with van der Waals surface area (Å²) < 4.78 is 0. The van der Waals surface area contributed by atoms with Crippen molar-refractivity contribution in [3.63, 3.8) is 0 Å². The Kier molecular flexibility index (Phi) is 5.46. The molecule has 0 aromatic heterocycles. The molecule has 1 heterocycles. The van der Waals surface area contributed by atoms with E-state index in [9.17, 15) is 4.79 Å². The first-order valence-corrected chi connectivity index (χ1v) is 9.53. The number of nitrogens with zero attached hydrogens (tertiary/aromatic N) is 1. The summed E-state index contributed by atoms with van der Waals surface area (Å²) in [5.41, 5.74) is 3.12. The highest BCUT2D eigenvalue weighted by Crippen LogP contribution is 2.48. The second-order valence-corrected chi connectivity index (χ2v) is 7.10. The first kappa shape index (κ1) is 16.9. The van der Waals surface area contributed by atoms with Gasteiger partial charge in [0.15, 0.2) is 0 Å². The molecule has 24 heavy (non-hydrogen) atoms. The minimum Gasteiger partial charge on any atom is -0.352 e. The maximum atomic E-state index is 12.4. The van der Waals surface area contributed by atoms with E-state index in [1.54, 1.807) is 11.8 Å². The number of benzene rings is 2. The van der Waals surface area contributed by atoms with Crippen LogP contribution in [0.25, 0.3) is 0 Å². The van der Waals surface area contributed by atoms with Gasteiger partial charge in [0.25, 0.3) is 5.91 Å². The van der Waals surface area contributed by atoms with Crippen molar-refractivity contribution in [1.82, 2.24) is 5.32 Å². The number of nitrogens with one attached hydrogen (secondary N) is 1. The maximum Gasteiger partial charge on any atom is 0.251 e. The zero-order valence-corrected chi connectivity index (χ0v) is 15.2. The highest BCUT2D eigenvalue weighted by molar-refractivity contribution is 7.99. The standard InChI is InChI=1S/C20H24N2OS/c1-3-5-12-21-20(23)15-10-11-19-17(14-15)22(13-4-2)16-8-6-7-9-18(16)24-19/h6-11,14H,3-5,12-13H2,1-2H3,(H,21,23). The van der Waals surface area contributed by atoms with Gasteiger partial charge in [-0.15, -0.1) is 0 Å². The fourth-order valence-corrected chi connectivity index (χ4v) is 3.99. The molecule has 0 saturated carbocycles. The van der Waals surface area contributed by atoms with E-state index in [1.165, 1.54) is 15.5 Å². The fourth-order valence-electron chi connectivity index (χ4n) is 2.92. The van der Waals surface area contributed by atoms with Crippen LogP contribution in [-0.4, -0.2) is 19.0 Å². The fraction of sp³-hybridized carbons (Fsp3) is 0.350. The maximum absolute atomic E-state index is 12.4. The molecule has 3 rings (SSSR count). The summed E-state index contributed by atoms with van der Waals surface area (Å²) in [5, 5.41) is 3.01. The van der Waals surface area contributed by atoms with Crippen LogP contribution in [0.5, 0.6) is 0 Å². The molecule has 1 N–H and O–H groups in total. The lowest BCUT2D eigenvalue weighted by molar-refractivity contribution is 0.0953. The van der Waals surface area contributed by atoms with Crippen LogP contribution in [0.1, 0.15) is 43.5 Å². The number of unbranched alkanes of at least 4 members (excludes halogenated alkanes) is 1. The van der Waals surface area contributed by atoms with Crippen LogP contribution in [0, 0.1) is 0 Å². The monoisotopic (exact) mass is 340 g/mol. The van der Waals surface area contributed by atoms with E-state index in [1.807, 2.05) is 12.1 Å². The number of para-hydroxylation sites is 1. The molecule has 0 bridgehead atoms. The average molecular weight is 340 g/mol. The summed E-state index contributed by atoms with van der Waals surface area (Å²) in [6.07, 6.45) is 3.16. The second kappa shape index (κ2) is 7.75. The third-order valence-electron chi connectivity index (χ3n) is 4.15. The summed E-state index contributed by atoms with van der Waals surface area (Å²) in [7, 11) is 0. The SMILES string of the molecule is CCCCNC(=O)c1ccc2c(c1)N(CCC)c1ccccc1S2. The number of hydrogen-bond acceptors (Lipinski definition) is 3. The molecule has 2 aromatic rings. The Labute approximate surface area is 148 Å². The number of carbonyl (C=O) groups is 1. The zero-order chi connectivity index (χ0) is 16.9. The van der Waals surface area contributed by atoms with Crippen molar-refractivity contribution in [3.05, 3.63) is 48.0 Å². The van der Waals surface area contributed by atoms with Gasteiger partial charge in [0, 0.05) is 28.4 Å². The molecule has 2 aromatic carbocycles. The highest BCUT2D eigenvalue weighted by atomic mass is 32.2. The molecule has 0 saturated heterocycles. The third kappa shape index (κ3) is 3.44. The number of rotatable bonds is 6. The van der Waals surface area contributed by atoms with Crippen molar-refractivity contribution in [3.8, 4) is 0 Å². The largest absolute Gasteiger partial charge is 0.352 e. The van der Waals surface area contributed by atoms with Gasteiger partial charge in [0.2, 0.25) is 0 Å². The van der Waals surface area contributed by atoms with Gasteiger partial charge in [0.1, 0.15) is 0 Å². The van der Waals surface area contributed by atoms with Gasteiger partial charge in [-0.25, -0.2) is 0 Å². The molecule has 4 heteroatoms. The molecule has 0 fully saturated rings. The highest BCUT2D eigenvalue weighted by Gasteiger charge is 2.23. The lowest BCUT2D eigenvalue weighted by atomic mass is 10.1. The van der Waals surface area contributed by atoms with Crippen LogP contribution in [0.15, 0.2) is 52.3 Å². The van der Waals surface area contributed by atoms with Crippen LogP contribution in [0.4, 0.5) is 11.4 Å². The van der Waals surface area contributed by atoms with Gasteiger partial charge in [0.05, 0.1) is 11.4 Å². The van der Waals surface area contributed by atoms with Crippen molar-refractivity contribution < 1.29 is 4.79 Å². The average Bonchev–Trinajstić information content (AvgIpc) is 2.61. The molecule has 0 radical (unpaired) electrons. The van der Waals surface area contributed by atoms with E-state index in [4.69, 9.17) is 0 Å². The van der Waals surface area contributed by atoms with E-state index >= 15 is 0 Å². The third-order valence-corrected chi connectivity index (χ3v) is 5.28. The lowest BCUT2D eigenvalue weighted by Gasteiger charge is -2.32. The number of amides is 1. The molecule has 1 aliphatic heterocycles.